The molecule has 1 saturated carbocycles. The topological polar surface area (TPSA) is 43.8 Å². The van der Waals surface area contributed by atoms with Gasteiger partial charge in [0.1, 0.15) is 17.5 Å². The maximum atomic E-state index is 13.7. The third-order valence-corrected chi connectivity index (χ3v) is 3.86. The molecule has 1 fully saturated rings. The van der Waals surface area contributed by atoms with Gasteiger partial charge in [0, 0.05) is 17.7 Å². The summed E-state index contributed by atoms with van der Waals surface area (Å²) in [4.78, 5) is 4.48. The van der Waals surface area contributed by atoms with Crippen molar-refractivity contribution in [3.63, 3.8) is 0 Å². The summed E-state index contributed by atoms with van der Waals surface area (Å²) in [6.45, 7) is 0. The molecule has 0 aliphatic heterocycles. The molecule has 0 unspecified atom stereocenters. The molecule has 21 heavy (non-hydrogen) atoms. The van der Waals surface area contributed by atoms with Gasteiger partial charge in [0.15, 0.2) is 0 Å². The van der Waals surface area contributed by atoms with Crippen LogP contribution in [0, 0.1) is 11.6 Å². The van der Waals surface area contributed by atoms with Gasteiger partial charge < -0.3 is 10.3 Å². The Balaban J connectivity index is 2.03. The van der Waals surface area contributed by atoms with Crippen LogP contribution in [0.3, 0.4) is 0 Å². The molecule has 1 aromatic heterocycles. The second kappa shape index (κ2) is 4.28. The molecule has 2 aromatic carbocycles. The number of imidazole rings is 1. The van der Waals surface area contributed by atoms with Crippen LogP contribution in [0.15, 0.2) is 36.4 Å². The molecule has 0 amide bonds. The van der Waals surface area contributed by atoms with Crippen LogP contribution >= 0.6 is 0 Å². The molecule has 1 aliphatic carbocycles. The summed E-state index contributed by atoms with van der Waals surface area (Å²) in [6.07, 6.45) is 2.09. The molecule has 0 atom stereocenters. The number of nitrogen functional groups attached to an aromatic ring is 1. The second-order valence-electron chi connectivity index (χ2n) is 5.37. The number of benzene rings is 2. The number of nitrogens with two attached hydrogens (primary N) is 1. The van der Waals surface area contributed by atoms with Gasteiger partial charge in [0.05, 0.1) is 16.7 Å². The lowest BCUT2D eigenvalue weighted by molar-refractivity contribution is 0.629. The van der Waals surface area contributed by atoms with Crippen molar-refractivity contribution in [3.8, 4) is 11.4 Å². The van der Waals surface area contributed by atoms with Crippen molar-refractivity contribution in [2.24, 2.45) is 0 Å². The molecule has 0 radical (unpaired) electrons. The predicted octanol–water partition coefficient (Wildman–Crippen LogP) is 3.90. The summed E-state index contributed by atoms with van der Waals surface area (Å²) in [6, 6.07) is 9.54. The van der Waals surface area contributed by atoms with Gasteiger partial charge in [-0.1, -0.05) is 6.07 Å². The Morgan fingerprint density at radius 2 is 1.95 bits per heavy atom. The highest BCUT2D eigenvalue weighted by atomic mass is 19.1. The predicted molar refractivity (Wildman–Crippen MR) is 77.8 cm³/mol. The average Bonchev–Trinajstić information content (AvgIpc) is 3.23. The van der Waals surface area contributed by atoms with Gasteiger partial charge in [-0.15, -0.1) is 0 Å². The summed E-state index contributed by atoms with van der Waals surface area (Å²) in [5.74, 6) is -0.190. The Morgan fingerprint density at radius 1 is 1.14 bits per heavy atom. The fourth-order valence-electron chi connectivity index (χ4n) is 2.70. The largest absolute Gasteiger partial charge is 0.396 e. The summed E-state index contributed by atoms with van der Waals surface area (Å²) in [5, 5.41) is 0. The quantitative estimate of drug-likeness (QED) is 0.726. The van der Waals surface area contributed by atoms with Crippen LogP contribution in [0.25, 0.3) is 22.4 Å². The lowest BCUT2D eigenvalue weighted by atomic mass is 10.1. The standard InChI is InChI=1S/C16H13F2N3/c17-9-4-7-14-13(8-9)20-16(21(14)10-5-6-10)11-2-1-3-12(18)15(11)19/h1-4,7-8,10H,5-6,19H2. The van der Waals surface area contributed by atoms with E-state index in [1.807, 2.05) is 4.57 Å². The zero-order chi connectivity index (χ0) is 14.6. The molecule has 0 spiro atoms. The van der Waals surface area contributed by atoms with Crippen molar-refractivity contribution in [2.75, 3.05) is 5.73 Å². The number of halogens is 2. The monoisotopic (exact) mass is 285 g/mol. The van der Waals surface area contributed by atoms with E-state index in [4.69, 9.17) is 5.73 Å². The van der Waals surface area contributed by atoms with Gasteiger partial charge in [0.2, 0.25) is 0 Å². The van der Waals surface area contributed by atoms with E-state index in [0.717, 1.165) is 18.4 Å². The highest BCUT2D eigenvalue weighted by molar-refractivity contribution is 5.84. The van der Waals surface area contributed by atoms with Gasteiger partial charge in [-0.25, -0.2) is 13.8 Å². The molecule has 1 heterocycles. The molecule has 0 bridgehead atoms. The van der Waals surface area contributed by atoms with Crippen LogP contribution < -0.4 is 5.73 Å². The van der Waals surface area contributed by atoms with E-state index in [0.29, 0.717) is 22.9 Å². The zero-order valence-corrected chi connectivity index (χ0v) is 11.2. The Labute approximate surface area is 120 Å². The molecular formula is C16H13F2N3. The van der Waals surface area contributed by atoms with E-state index in [9.17, 15) is 8.78 Å². The molecule has 4 rings (SSSR count). The first-order valence-electron chi connectivity index (χ1n) is 6.87. The molecule has 1 aliphatic rings. The number of hydrogen-bond donors (Lipinski definition) is 1. The summed E-state index contributed by atoms with van der Waals surface area (Å²) in [5.41, 5.74) is 7.92. The van der Waals surface area contributed by atoms with E-state index in [-0.39, 0.29) is 11.5 Å². The Morgan fingerprint density at radius 3 is 2.71 bits per heavy atom. The first-order chi connectivity index (χ1) is 10.1. The van der Waals surface area contributed by atoms with Crippen molar-refractivity contribution in [3.05, 3.63) is 48.0 Å². The van der Waals surface area contributed by atoms with Crippen LogP contribution in [0.4, 0.5) is 14.5 Å². The minimum Gasteiger partial charge on any atom is -0.396 e. The van der Waals surface area contributed by atoms with E-state index in [2.05, 4.69) is 4.98 Å². The number of aromatic nitrogens is 2. The third kappa shape index (κ3) is 1.88. The van der Waals surface area contributed by atoms with Crippen molar-refractivity contribution in [1.29, 1.82) is 0 Å². The number of nitrogens with zero attached hydrogens (tertiary/aromatic N) is 2. The van der Waals surface area contributed by atoms with Crippen molar-refractivity contribution < 1.29 is 8.78 Å². The molecule has 3 aromatic rings. The highest BCUT2D eigenvalue weighted by Gasteiger charge is 2.29. The number of hydrogen-bond acceptors (Lipinski definition) is 2. The summed E-state index contributed by atoms with van der Waals surface area (Å²) >= 11 is 0. The van der Waals surface area contributed by atoms with Crippen LogP contribution in [-0.2, 0) is 0 Å². The Kier molecular flexibility index (Phi) is 2.51. The van der Waals surface area contributed by atoms with Gasteiger partial charge in [-0.05, 0) is 37.1 Å². The highest BCUT2D eigenvalue weighted by Crippen LogP contribution is 2.42. The van der Waals surface area contributed by atoms with Gasteiger partial charge in [-0.3, -0.25) is 0 Å². The first-order valence-corrected chi connectivity index (χ1v) is 6.87. The molecule has 3 nitrogen and oxygen atoms in total. The zero-order valence-electron chi connectivity index (χ0n) is 11.2. The minimum atomic E-state index is -0.465. The lowest BCUT2D eigenvalue weighted by Gasteiger charge is -2.10. The van der Waals surface area contributed by atoms with E-state index < -0.39 is 5.82 Å². The van der Waals surface area contributed by atoms with Crippen molar-refractivity contribution in [1.82, 2.24) is 9.55 Å². The molecular weight excluding hydrogens is 272 g/mol. The Bertz CT molecular complexity index is 850. The SMILES string of the molecule is Nc1c(F)cccc1-c1nc2cc(F)ccc2n1C1CC1. The first kappa shape index (κ1) is 12.3. The number of anilines is 1. The number of para-hydroxylation sites is 1. The van der Waals surface area contributed by atoms with E-state index >= 15 is 0 Å². The minimum absolute atomic E-state index is 0.0789. The smallest absolute Gasteiger partial charge is 0.146 e. The number of fused-ring (bicyclic) bond motifs is 1. The fourth-order valence-corrected chi connectivity index (χ4v) is 2.70. The van der Waals surface area contributed by atoms with Crippen molar-refractivity contribution in [2.45, 2.75) is 18.9 Å². The maximum absolute atomic E-state index is 13.7. The van der Waals surface area contributed by atoms with Crippen LogP contribution in [0.2, 0.25) is 0 Å². The third-order valence-electron chi connectivity index (χ3n) is 3.86. The lowest BCUT2D eigenvalue weighted by Crippen LogP contribution is -2.01. The van der Waals surface area contributed by atoms with Gasteiger partial charge in [-0.2, -0.15) is 0 Å². The van der Waals surface area contributed by atoms with E-state index in [1.165, 1.54) is 18.2 Å². The molecule has 5 heteroatoms. The van der Waals surface area contributed by atoms with Crippen LogP contribution in [0.1, 0.15) is 18.9 Å². The van der Waals surface area contributed by atoms with Crippen molar-refractivity contribution >= 4 is 16.7 Å². The number of rotatable bonds is 2. The van der Waals surface area contributed by atoms with Crippen LogP contribution in [-0.4, -0.2) is 9.55 Å². The van der Waals surface area contributed by atoms with Crippen LogP contribution in [0.5, 0.6) is 0 Å². The Hall–Kier alpha value is -2.43. The van der Waals surface area contributed by atoms with Gasteiger partial charge in [0.25, 0.3) is 0 Å². The normalized spacial score (nSPS) is 14.8. The molecule has 106 valence electrons. The van der Waals surface area contributed by atoms with Gasteiger partial charge >= 0.3 is 0 Å². The molecule has 2 N–H and O–H groups in total. The summed E-state index contributed by atoms with van der Waals surface area (Å²) in [7, 11) is 0. The second-order valence-corrected chi connectivity index (χ2v) is 5.37. The summed E-state index contributed by atoms with van der Waals surface area (Å²) < 4.78 is 29.2. The molecule has 0 saturated heterocycles. The fraction of sp³-hybridized carbons (Fsp3) is 0.188. The average molecular weight is 285 g/mol. The van der Waals surface area contributed by atoms with E-state index in [1.54, 1.807) is 18.2 Å². The maximum Gasteiger partial charge on any atom is 0.146 e.